The first-order valence-corrected chi connectivity index (χ1v) is 10.3. The van der Waals surface area contributed by atoms with Gasteiger partial charge in [0.05, 0.1) is 6.33 Å². The Kier molecular flexibility index (Phi) is 5.10. The van der Waals surface area contributed by atoms with E-state index < -0.39 is 0 Å². The summed E-state index contributed by atoms with van der Waals surface area (Å²) < 4.78 is 12.5. The van der Waals surface area contributed by atoms with Crippen LogP contribution in [-0.2, 0) is 12.8 Å². The molecule has 25 heavy (non-hydrogen) atoms. The van der Waals surface area contributed by atoms with Gasteiger partial charge in [-0.15, -0.1) is 0 Å². The summed E-state index contributed by atoms with van der Waals surface area (Å²) >= 11 is 0. The Balaban J connectivity index is 1.38. The van der Waals surface area contributed by atoms with Crippen LogP contribution in [0.3, 0.4) is 0 Å². The number of halogens is 1. The van der Waals surface area contributed by atoms with Crippen molar-refractivity contribution in [3.63, 3.8) is 0 Å². The van der Waals surface area contributed by atoms with Crippen molar-refractivity contribution >= 4 is 6.08 Å². The summed E-state index contributed by atoms with van der Waals surface area (Å²) in [6, 6.07) is 6.92. The lowest BCUT2D eigenvalue weighted by Gasteiger charge is -2.44. The van der Waals surface area contributed by atoms with Crippen molar-refractivity contribution in [1.29, 1.82) is 0 Å². The topological polar surface area (TPSA) is 0 Å². The van der Waals surface area contributed by atoms with Gasteiger partial charge in [-0.1, -0.05) is 36.9 Å². The summed E-state index contributed by atoms with van der Waals surface area (Å²) in [6.07, 6.45) is 16.4. The van der Waals surface area contributed by atoms with E-state index in [0.717, 1.165) is 30.0 Å². The molecule has 0 bridgehead atoms. The molecule has 1 aromatic rings. The predicted octanol–water partition coefficient (Wildman–Crippen LogP) is 6.75. The smallest absolute Gasteiger partial charge is 0.0829 e. The van der Waals surface area contributed by atoms with Crippen LogP contribution in [0.5, 0.6) is 0 Å². The fourth-order valence-electron chi connectivity index (χ4n) is 6.00. The van der Waals surface area contributed by atoms with E-state index in [1.54, 1.807) is 17.2 Å². The highest BCUT2D eigenvalue weighted by Crippen LogP contribution is 2.48. The Bertz CT molecular complexity index is 643. The summed E-state index contributed by atoms with van der Waals surface area (Å²) in [6.45, 7) is 3.90. The average molecular weight is 339 g/mol. The highest BCUT2D eigenvalue weighted by molar-refractivity contribution is 5.50. The van der Waals surface area contributed by atoms with E-state index in [1.807, 2.05) is 6.08 Å². The molecule has 2 fully saturated rings. The normalized spacial score (nSPS) is 35.2. The number of aryl methyl sites for hydroxylation is 1. The van der Waals surface area contributed by atoms with E-state index in [9.17, 15) is 4.39 Å². The molecule has 0 radical (unpaired) electrons. The lowest BCUT2D eigenvalue weighted by molar-refractivity contribution is 0.0809. The zero-order chi connectivity index (χ0) is 17.2. The largest absolute Gasteiger partial charge is 0.216 e. The monoisotopic (exact) mass is 338 g/mol. The van der Waals surface area contributed by atoms with Gasteiger partial charge in [0.25, 0.3) is 0 Å². The number of hydrogen-bond acceptors (Lipinski definition) is 0. The molecule has 0 N–H and O–H groups in total. The SMILES string of the molecule is C=Cc1ccc2c(c1)CCC(C1CCC3CC(/C=C/F)CCC3C1)C2. The molecule has 0 spiro atoms. The number of hydrogen-bond donors (Lipinski definition) is 0. The van der Waals surface area contributed by atoms with E-state index in [4.69, 9.17) is 0 Å². The third kappa shape index (κ3) is 3.61. The van der Waals surface area contributed by atoms with Gasteiger partial charge in [0.1, 0.15) is 0 Å². The average Bonchev–Trinajstić information content (AvgIpc) is 2.67. The van der Waals surface area contributed by atoms with Crippen LogP contribution < -0.4 is 0 Å². The Hall–Kier alpha value is -1.37. The first-order valence-electron chi connectivity index (χ1n) is 10.3. The highest BCUT2D eigenvalue weighted by atomic mass is 19.1. The number of fused-ring (bicyclic) bond motifs is 2. The summed E-state index contributed by atoms with van der Waals surface area (Å²) in [5.74, 6) is 4.07. The van der Waals surface area contributed by atoms with Crippen LogP contribution in [0.4, 0.5) is 4.39 Å². The summed E-state index contributed by atoms with van der Waals surface area (Å²) in [7, 11) is 0. The Labute approximate surface area is 152 Å². The molecule has 3 aliphatic carbocycles. The first kappa shape index (κ1) is 17.1. The number of allylic oxidation sites excluding steroid dienone is 1. The zero-order valence-electron chi connectivity index (χ0n) is 15.3. The van der Waals surface area contributed by atoms with Crippen molar-refractivity contribution in [2.75, 3.05) is 0 Å². The highest BCUT2D eigenvalue weighted by Gasteiger charge is 2.38. The molecule has 1 aromatic carbocycles. The van der Waals surface area contributed by atoms with Gasteiger partial charge < -0.3 is 0 Å². The summed E-state index contributed by atoms with van der Waals surface area (Å²) in [5, 5.41) is 0. The van der Waals surface area contributed by atoms with Crippen molar-refractivity contribution in [3.8, 4) is 0 Å². The molecule has 0 saturated heterocycles. The number of rotatable bonds is 3. The molecule has 2 saturated carbocycles. The quantitative estimate of drug-likeness (QED) is 0.572. The fourth-order valence-corrected chi connectivity index (χ4v) is 6.00. The van der Waals surface area contributed by atoms with Crippen LogP contribution in [0, 0.1) is 29.6 Å². The van der Waals surface area contributed by atoms with Crippen molar-refractivity contribution in [2.24, 2.45) is 29.6 Å². The maximum Gasteiger partial charge on any atom is 0.0829 e. The Morgan fingerprint density at radius 3 is 2.44 bits per heavy atom. The van der Waals surface area contributed by atoms with E-state index in [2.05, 4.69) is 24.8 Å². The zero-order valence-corrected chi connectivity index (χ0v) is 15.3. The van der Waals surface area contributed by atoms with Gasteiger partial charge in [-0.3, -0.25) is 0 Å². The van der Waals surface area contributed by atoms with Gasteiger partial charge >= 0.3 is 0 Å². The lowest BCUT2D eigenvalue weighted by atomic mass is 9.61. The third-order valence-electron chi connectivity index (χ3n) is 7.44. The van der Waals surface area contributed by atoms with Crippen LogP contribution in [0.2, 0.25) is 0 Å². The van der Waals surface area contributed by atoms with Gasteiger partial charge in [-0.25, -0.2) is 4.39 Å². The summed E-state index contributed by atoms with van der Waals surface area (Å²) in [4.78, 5) is 0. The summed E-state index contributed by atoms with van der Waals surface area (Å²) in [5.41, 5.74) is 4.40. The van der Waals surface area contributed by atoms with Crippen molar-refractivity contribution in [2.45, 2.75) is 57.8 Å². The molecule has 4 rings (SSSR count). The second-order valence-corrected chi connectivity index (χ2v) is 8.72. The van der Waals surface area contributed by atoms with Crippen LogP contribution >= 0.6 is 0 Å². The molecule has 5 atom stereocenters. The minimum atomic E-state index is 0.503. The minimum absolute atomic E-state index is 0.503. The standard InChI is InChI=1S/C24H31F/c1-2-17-3-5-21-15-23(9-7-19(21)13-17)24-10-8-20-14-18(11-12-25)4-6-22(20)16-24/h2-3,5,11-13,18,20,22-24H,1,4,6-10,14-16H2/b12-11+. The van der Waals surface area contributed by atoms with E-state index in [1.165, 1.54) is 63.4 Å². The van der Waals surface area contributed by atoms with Crippen molar-refractivity contribution in [3.05, 3.63) is 53.9 Å². The molecule has 0 aromatic heterocycles. The second kappa shape index (κ2) is 7.48. The van der Waals surface area contributed by atoms with Crippen LogP contribution in [0.15, 0.2) is 37.2 Å². The van der Waals surface area contributed by atoms with Crippen molar-refractivity contribution in [1.82, 2.24) is 0 Å². The molecule has 0 aliphatic heterocycles. The van der Waals surface area contributed by atoms with Gasteiger partial charge in [-0.05, 0) is 104 Å². The molecule has 134 valence electrons. The van der Waals surface area contributed by atoms with Gasteiger partial charge in [0.15, 0.2) is 0 Å². The van der Waals surface area contributed by atoms with Gasteiger partial charge in [0, 0.05) is 0 Å². The van der Waals surface area contributed by atoms with Crippen LogP contribution in [0.1, 0.15) is 61.6 Å². The van der Waals surface area contributed by atoms with Gasteiger partial charge in [-0.2, -0.15) is 0 Å². The third-order valence-corrected chi connectivity index (χ3v) is 7.44. The first-order chi connectivity index (χ1) is 12.3. The van der Waals surface area contributed by atoms with Crippen molar-refractivity contribution < 1.29 is 4.39 Å². The molecule has 0 amide bonds. The van der Waals surface area contributed by atoms with Crippen LogP contribution in [-0.4, -0.2) is 0 Å². The molecule has 3 aliphatic rings. The Morgan fingerprint density at radius 1 is 0.880 bits per heavy atom. The maximum absolute atomic E-state index is 12.5. The minimum Gasteiger partial charge on any atom is -0.216 e. The number of benzene rings is 1. The van der Waals surface area contributed by atoms with E-state index in [-0.39, 0.29) is 0 Å². The van der Waals surface area contributed by atoms with E-state index in [0.29, 0.717) is 5.92 Å². The molecule has 1 heteroatoms. The van der Waals surface area contributed by atoms with Crippen LogP contribution in [0.25, 0.3) is 6.08 Å². The van der Waals surface area contributed by atoms with E-state index >= 15 is 0 Å². The molecule has 0 nitrogen and oxygen atoms in total. The second-order valence-electron chi connectivity index (χ2n) is 8.72. The maximum atomic E-state index is 12.5. The molecular formula is C24H31F. The molecule has 5 unspecified atom stereocenters. The fraction of sp³-hybridized carbons (Fsp3) is 0.583. The lowest BCUT2D eigenvalue weighted by Crippen LogP contribution is -2.34. The molecule has 0 heterocycles. The predicted molar refractivity (Wildman–Crippen MR) is 104 cm³/mol. The Morgan fingerprint density at radius 2 is 1.64 bits per heavy atom. The van der Waals surface area contributed by atoms with Gasteiger partial charge in [0.2, 0.25) is 0 Å². The molecular weight excluding hydrogens is 307 g/mol.